The quantitative estimate of drug-likeness (QED) is 0.497. The fraction of sp³-hybridized carbons (Fsp3) is 0.167. The molecule has 2 nitrogen and oxygen atoms in total. The third-order valence-electron chi connectivity index (χ3n) is 0.774. The predicted molar refractivity (Wildman–Crippen MR) is 29.0 cm³/mol. The van der Waals surface area contributed by atoms with Crippen molar-refractivity contribution in [3.63, 3.8) is 0 Å². The topological polar surface area (TPSA) is 26.0 Å². The summed E-state index contributed by atoms with van der Waals surface area (Å²) in [7, 11) is 0. The zero-order valence-electron chi connectivity index (χ0n) is 4.29. The number of hydrogen-bond acceptors (Lipinski definition) is 2. The van der Waals surface area contributed by atoms with Crippen molar-refractivity contribution in [3.05, 3.63) is 18.0 Å². The van der Waals surface area contributed by atoms with Crippen molar-refractivity contribution in [2.24, 2.45) is 0 Å². The molecular weight excluding hydrogens is 102 g/mol. The highest BCUT2D eigenvalue weighted by Crippen LogP contribution is 1.92. The summed E-state index contributed by atoms with van der Waals surface area (Å²) in [5.41, 5.74) is 0.813. The Bertz CT molecular complexity index is 183. The molecule has 0 aliphatic rings. The lowest BCUT2D eigenvalue weighted by atomic mass is 10.3. The summed E-state index contributed by atoms with van der Waals surface area (Å²) in [5, 5.41) is 3.59. The van der Waals surface area contributed by atoms with Gasteiger partial charge >= 0.3 is 0 Å². The minimum Gasteiger partial charge on any atom is -0.364 e. The lowest BCUT2D eigenvalue weighted by Crippen LogP contribution is -1.76. The molecule has 2 heteroatoms. The smallest absolute Gasteiger partial charge is 0.124 e. The van der Waals surface area contributed by atoms with Crippen LogP contribution in [-0.2, 0) is 6.42 Å². The van der Waals surface area contributed by atoms with Gasteiger partial charge in [0, 0.05) is 6.07 Å². The van der Waals surface area contributed by atoms with Crippen LogP contribution in [0, 0.1) is 12.3 Å². The van der Waals surface area contributed by atoms with Gasteiger partial charge in [-0.05, 0) is 0 Å². The van der Waals surface area contributed by atoms with Gasteiger partial charge in [-0.1, -0.05) is 5.16 Å². The Hall–Kier alpha value is -1.23. The van der Waals surface area contributed by atoms with Gasteiger partial charge in [0.1, 0.15) is 6.26 Å². The molecule has 8 heavy (non-hydrogen) atoms. The fourth-order valence-electron chi connectivity index (χ4n) is 0.433. The molecule has 0 radical (unpaired) electrons. The maximum absolute atomic E-state index is 4.99. The van der Waals surface area contributed by atoms with Gasteiger partial charge in [0.25, 0.3) is 0 Å². The van der Waals surface area contributed by atoms with Crippen molar-refractivity contribution >= 4 is 0 Å². The van der Waals surface area contributed by atoms with E-state index in [0.29, 0.717) is 6.42 Å². The van der Waals surface area contributed by atoms with Gasteiger partial charge in [-0.3, -0.25) is 0 Å². The average Bonchev–Trinajstić information content (AvgIpc) is 2.19. The zero-order chi connectivity index (χ0) is 5.82. The Labute approximate surface area is 47.5 Å². The number of rotatable bonds is 1. The van der Waals surface area contributed by atoms with Crippen LogP contribution < -0.4 is 0 Å². The average molecular weight is 107 g/mol. The second-order valence-electron chi connectivity index (χ2n) is 1.37. The highest BCUT2D eigenvalue weighted by atomic mass is 16.5. The van der Waals surface area contributed by atoms with E-state index in [0.717, 1.165) is 5.69 Å². The van der Waals surface area contributed by atoms with Crippen molar-refractivity contribution < 1.29 is 4.52 Å². The number of aromatic nitrogens is 1. The molecule has 0 saturated carbocycles. The molecule has 40 valence electrons. The molecule has 1 aromatic rings. The fourth-order valence-corrected chi connectivity index (χ4v) is 0.433. The van der Waals surface area contributed by atoms with Crippen molar-refractivity contribution in [3.8, 4) is 12.3 Å². The lowest BCUT2D eigenvalue weighted by Gasteiger charge is -1.75. The number of nitrogens with zero attached hydrogens (tertiary/aromatic N) is 1. The molecule has 0 bridgehead atoms. The monoisotopic (exact) mass is 107 g/mol. The van der Waals surface area contributed by atoms with E-state index in [2.05, 4.69) is 15.6 Å². The van der Waals surface area contributed by atoms with Crippen molar-refractivity contribution in [1.29, 1.82) is 0 Å². The summed E-state index contributed by atoms with van der Waals surface area (Å²) in [6.07, 6.45) is 7.05. The van der Waals surface area contributed by atoms with Crippen LogP contribution in [0.4, 0.5) is 0 Å². The van der Waals surface area contributed by atoms with Gasteiger partial charge in [-0.15, -0.1) is 12.3 Å². The first-order valence-electron chi connectivity index (χ1n) is 2.26. The molecule has 0 unspecified atom stereocenters. The van der Waals surface area contributed by atoms with Gasteiger partial charge in [-0.2, -0.15) is 0 Å². The standard InChI is InChI=1S/C6H5NO/c1-2-3-6-4-5-8-7-6/h1,4-5H,3H2. The lowest BCUT2D eigenvalue weighted by molar-refractivity contribution is 0.413. The van der Waals surface area contributed by atoms with E-state index in [1.807, 2.05) is 0 Å². The highest BCUT2D eigenvalue weighted by molar-refractivity contribution is 5.05. The van der Waals surface area contributed by atoms with Gasteiger partial charge in [0.05, 0.1) is 12.1 Å². The molecule has 0 atom stereocenters. The molecular formula is C6H5NO. The Morgan fingerprint density at radius 2 is 2.75 bits per heavy atom. The SMILES string of the molecule is C#CCc1ccon1. The van der Waals surface area contributed by atoms with Gasteiger partial charge < -0.3 is 4.52 Å². The first-order valence-corrected chi connectivity index (χ1v) is 2.26. The number of hydrogen-bond donors (Lipinski definition) is 0. The Balaban J connectivity index is 2.67. The molecule has 0 fully saturated rings. The minimum atomic E-state index is 0.552. The van der Waals surface area contributed by atoms with Gasteiger partial charge in [0.2, 0.25) is 0 Å². The molecule has 0 spiro atoms. The molecule has 0 aliphatic carbocycles. The third kappa shape index (κ3) is 0.881. The van der Waals surface area contributed by atoms with Crippen molar-refractivity contribution in [2.75, 3.05) is 0 Å². The maximum atomic E-state index is 4.99. The summed E-state index contributed by atoms with van der Waals surface area (Å²) in [6, 6.07) is 1.75. The van der Waals surface area contributed by atoms with Crippen LogP contribution in [-0.4, -0.2) is 5.16 Å². The largest absolute Gasteiger partial charge is 0.364 e. The molecule has 1 rings (SSSR count). The summed E-state index contributed by atoms with van der Waals surface area (Å²) in [4.78, 5) is 0. The summed E-state index contributed by atoms with van der Waals surface area (Å²) in [5.74, 6) is 2.45. The molecule has 0 amide bonds. The summed E-state index contributed by atoms with van der Waals surface area (Å²) in [6.45, 7) is 0. The van der Waals surface area contributed by atoms with E-state index in [1.165, 1.54) is 6.26 Å². The van der Waals surface area contributed by atoms with E-state index in [9.17, 15) is 0 Å². The molecule has 0 aliphatic heterocycles. The molecule has 0 N–H and O–H groups in total. The van der Waals surface area contributed by atoms with Crippen LogP contribution in [0.25, 0.3) is 0 Å². The van der Waals surface area contributed by atoms with Crippen LogP contribution in [0.1, 0.15) is 5.69 Å². The second-order valence-corrected chi connectivity index (χ2v) is 1.37. The molecule has 0 aromatic carbocycles. The first-order chi connectivity index (χ1) is 3.93. The van der Waals surface area contributed by atoms with Crippen LogP contribution in [0.5, 0.6) is 0 Å². The zero-order valence-corrected chi connectivity index (χ0v) is 4.29. The van der Waals surface area contributed by atoms with E-state index < -0.39 is 0 Å². The molecule has 0 saturated heterocycles. The normalized spacial score (nSPS) is 8.38. The van der Waals surface area contributed by atoms with Gasteiger partial charge in [-0.25, -0.2) is 0 Å². The van der Waals surface area contributed by atoms with Crippen LogP contribution in [0.3, 0.4) is 0 Å². The summed E-state index contributed by atoms with van der Waals surface area (Å²) < 4.78 is 4.52. The predicted octanol–water partition coefficient (Wildman–Crippen LogP) is 0.850. The Kier molecular flexibility index (Phi) is 1.34. The van der Waals surface area contributed by atoms with Crippen LogP contribution in [0.2, 0.25) is 0 Å². The molecule has 1 heterocycles. The second kappa shape index (κ2) is 2.17. The van der Waals surface area contributed by atoms with Crippen LogP contribution >= 0.6 is 0 Å². The Morgan fingerprint density at radius 1 is 1.88 bits per heavy atom. The summed E-state index contributed by atoms with van der Waals surface area (Å²) >= 11 is 0. The van der Waals surface area contributed by atoms with E-state index in [4.69, 9.17) is 6.42 Å². The van der Waals surface area contributed by atoms with Crippen LogP contribution in [0.15, 0.2) is 16.9 Å². The van der Waals surface area contributed by atoms with Crippen molar-refractivity contribution in [1.82, 2.24) is 5.16 Å². The highest BCUT2D eigenvalue weighted by Gasteiger charge is 1.88. The van der Waals surface area contributed by atoms with E-state index in [-0.39, 0.29) is 0 Å². The molecule has 1 aromatic heterocycles. The third-order valence-corrected chi connectivity index (χ3v) is 0.774. The maximum Gasteiger partial charge on any atom is 0.124 e. The first kappa shape index (κ1) is 4.92. The van der Waals surface area contributed by atoms with Gasteiger partial charge in [0.15, 0.2) is 0 Å². The minimum absolute atomic E-state index is 0.552. The van der Waals surface area contributed by atoms with Crippen molar-refractivity contribution in [2.45, 2.75) is 6.42 Å². The Morgan fingerprint density at radius 3 is 3.25 bits per heavy atom. The van der Waals surface area contributed by atoms with E-state index >= 15 is 0 Å². The van der Waals surface area contributed by atoms with E-state index in [1.54, 1.807) is 6.07 Å². The number of terminal acetylenes is 1.